The Hall–Kier alpha value is -1.42. The van der Waals surface area contributed by atoms with Crippen LogP contribution in [0, 0.1) is 6.92 Å². The maximum absolute atomic E-state index is 11.9. The SMILES string of the molecule is Cc1ccc([C@@H](CNC(=O)CCNS(C)(=O)=O)N2CCOCC2)o1. The molecule has 1 aromatic heterocycles. The minimum Gasteiger partial charge on any atom is -0.465 e. The van der Waals surface area contributed by atoms with E-state index in [9.17, 15) is 13.2 Å². The first kappa shape index (κ1) is 18.9. The van der Waals surface area contributed by atoms with Crippen LogP contribution in [-0.2, 0) is 19.6 Å². The van der Waals surface area contributed by atoms with Crippen LogP contribution in [0.3, 0.4) is 0 Å². The third-order valence-electron chi connectivity index (χ3n) is 3.78. The Morgan fingerprint density at radius 3 is 2.62 bits per heavy atom. The Balaban J connectivity index is 1.89. The highest BCUT2D eigenvalue weighted by atomic mass is 32.2. The van der Waals surface area contributed by atoms with Crippen LogP contribution in [0.5, 0.6) is 0 Å². The smallest absolute Gasteiger partial charge is 0.221 e. The molecule has 0 radical (unpaired) electrons. The number of furan rings is 1. The van der Waals surface area contributed by atoms with Gasteiger partial charge >= 0.3 is 0 Å². The van der Waals surface area contributed by atoms with Crippen molar-refractivity contribution >= 4 is 15.9 Å². The van der Waals surface area contributed by atoms with Gasteiger partial charge in [-0.2, -0.15) is 0 Å². The number of ether oxygens (including phenoxy) is 1. The molecule has 2 N–H and O–H groups in total. The first-order valence-corrected chi connectivity index (χ1v) is 9.84. The number of amides is 1. The number of hydrogen-bond donors (Lipinski definition) is 2. The summed E-state index contributed by atoms with van der Waals surface area (Å²) < 4.78 is 35.4. The van der Waals surface area contributed by atoms with E-state index in [2.05, 4.69) is 14.9 Å². The highest BCUT2D eigenvalue weighted by Crippen LogP contribution is 2.23. The van der Waals surface area contributed by atoms with Gasteiger partial charge in [0.1, 0.15) is 11.5 Å². The molecule has 1 saturated heterocycles. The lowest BCUT2D eigenvalue weighted by Gasteiger charge is -2.33. The molecule has 24 heavy (non-hydrogen) atoms. The highest BCUT2D eigenvalue weighted by Gasteiger charge is 2.25. The molecule has 0 spiro atoms. The predicted octanol–water partition coefficient (Wildman–Crippen LogP) is 0.0168. The van der Waals surface area contributed by atoms with E-state index in [1.165, 1.54) is 0 Å². The molecular weight excluding hydrogens is 334 g/mol. The number of morpholine rings is 1. The minimum atomic E-state index is -3.28. The number of hydrogen-bond acceptors (Lipinski definition) is 6. The minimum absolute atomic E-state index is 0.0607. The summed E-state index contributed by atoms with van der Waals surface area (Å²) in [6.07, 6.45) is 1.17. The van der Waals surface area contributed by atoms with Crippen LogP contribution in [0.1, 0.15) is 24.0 Å². The lowest BCUT2D eigenvalue weighted by molar-refractivity contribution is -0.121. The molecule has 0 saturated carbocycles. The number of carbonyl (C=O) groups excluding carboxylic acids is 1. The second-order valence-electron chi connectivity index (χ2n) is 5.83. The topological polar surface area (TPSA) is 101 Å². The molecule has 1 aromatic rings. The Kier molecular flexibility index (Phi) is 6.79. The van der Waals surface area contributed by atoms with E-state index in [1.54, 1.807) is 0 Å². The van der Waals surface area contributed by atoms with Gasteiger partial charge < -0.3 is 14.5 Å². The molecule has 0 unspecified atom stereocenters. The number of nitrogens with zero attached hydrogens (tertiary/aromatic N) is 1. The van der Waals surface area contributed by atoms with Crippen molar-refractivity contribution in [3.63, 3.8) is 0 Å². The zero-order valence-corrected chi connectivity index (χ0v) is 14.9. The summed E-state index contributed by atoms with van der Waals surface area (Å²) in [5, 5.41) is 2.86. The lowest BCUT2D eigenvalue weighted by atomic mass is 10.1. The van der Waals surface area contributed by atoms with Crippen molar-refractivity contribution in [3.05, 3.63) is 23.7 Å². The fraction of sp³-hybridized carbons (Fsp3) is 0.667. The maximum Gasteiger partial charge on any atom is 0.221 e. The molecule has 9 heteroatoms. The zero-order valence-electron chi connectivity index (χ0n) is 14.1. The van der Waals surface area contributed by atoms with Gasteiger partial charge in [0.15, 0.2) is 0 Å². The van der Waals surface area contributed by atoms with Crippen LogP contribution in [0.4, 0.5) is 0 Å². The number of aryl methyl sites for hydroxylation is 1. The fourth-order valence-electron chi connectivity index (χ4n) is 2.58. The monoisotopic (exact) mass is 359 g/mol. The van der Waals surface area contributed by atoms with Gasteiger partial charge in [0.2, 0.25) is 15.9 Å². The zero-order chi connectivity index (χ0) is 17.6. The van der Waals surface area contributed by atoms with Gasteiger partial charge in [-0.1, -0.05) is 0 Å². The predicted molar refractivity (Wildman–Crippen MR) is 89.1 cm³/mol. The van der Waals surface area contributed by atoms with Crippen LogP contribution in [0.25, 0.3) is 0 Å². The quantitative estimate of drug-likeness (QED) is 0.678. The van der Waals surface area contributed by atoms with Crippen LogP contribution >= 0.6 is 0 Å². The second kappa shape index (κ2) is 8.61. The van der Waals surface area contributed by atoms with E-state index in [4.69, 9.17) is 9.15 Å². The van der Waals surface area contributed by atoms with Crippen molar-refractivity contribution in [2.24, 2.45) is 0 Å². The van der Waals surface area contributed by atoms with Gasteiger partial charge in [-0.25, -0.2) is 13.1 Å². The molecule has 1 aliphatic heterocycles. The number of carbonyl (C=O) groups is 1. The second-order valence-corrected chi connectivity index (χ2v) is 7.67. The van der Waals surface area contributed by atoms with E-state index >= 15 is 0 Å². The Morgan fingerprint density at radius 2 is 2.04 bits per heavy atom. The van der Waals surface area contributed by atoms with Crippen LogP contribution < -0.4 is 10.0 Å². The van der Waals surface area contributed by atoms with E-state index in [-0.39, 0.29) is 24.9 Å². The summed E-state index contributed by atoms with van der Waals surface area (Å²) in [6.45, 7) is 5.24. The number of rotatable bonds is 8. The molecular formula is C15H25N3O5S. The van der Waals surface area contributed by atoms with Crippen molar-refractivity contribution in [2.75, 3.05) is 45.6 Å². The van der Waals surface area contributed by atoms with E-state index < -0.39 is 10.0 Å². The van der Waals surface area contributed by atoms with E-state index in [0.29, 0.717) is 19.8 Å². The van der Waals surface area contributed by atoms with Crippen molar-refractivity contribution in [3.8, 4) is 0 Å². The molecule has 0 bridgehead atoms. The molecule has 136 valence electrons. The first-order chi connectivity index (χ1) is 11.3. The van der Waals surface area contributed by atoms with E-state index in [0.717, 1.165) is 30.9 Å². The van der Waals surface area contributed by atoms with Gasteiger partial charge in [-0.15, -0.1) is 0 Å². The lowest BCUT2D eigenvalue weighted by Crippen LogP contribution is -2.44. The third kappa shape index (κ3) is 6.23. The maximum atomic E-state index is 11.9. The average Bonchev–Trinajstić information content (AvgIpc) is 2.93. The van der Waals surface area contributed by atoms with Crippen molar-refractivity contribution in [2.45, 2.75) is 19.4 Å². The largest absolute Gasteiger partial charge is 0.465 e. The Bertz CT molecular complexity index is 637. The summed E-state index contributed by atoms with van der Waals surface area (Å²) in [4.78, 5) is 14.2. The number of sulfonamides is 1. The highest BCUT2D eigenvalue weighted by molar-refractivity contribution is 7.88. The molecule has 1 amide bonds. The summed E-state index contributed by atoms with van der Waals surface area (Å²) in [7, 11) is -3.28. The van der Waals surface area contributed by atoms with Crippen LogP contribution in [0.2, 0.25) is 0 Å². The van der Waals surface area contributed by atoms with Gasteiger partial charge in [0, 0.05) is 32.6 Å². The summed E-state index contributed by atoms with van der Waals surface area (Å²) >= 11 is 0. The first-order valence-electron chi connectivity index (χ1n) is 7.94. The molecule has 1 fully saturated rings. The van der Waals surface area contributed by atoms with Gasteiger partial charge in [0.05, 0.1) is 25.5 Å². The van der Waals surface area contributed by atoms with Crippen LogP contribution in [0.15, 0.2) is 16.5 Å². The van der Waals surface area contributed by atoms with Crippen molar-refractivity contribution in [1.29, 1.82) is 0 Å². The Labute approximate surface area is 142 Å². The van der Waals surface area contributed by atoms with E-state index in [1.807, 2.05) is 19.1 Å². The molecule has 2 rings (SSSR count). The molecule has 8 nitrogen and oxygen atoms in total. The van der Waals surface area contributed by atoms with Crippen molar-refractivity contribution in [1.82, 2.24) is 14.9 Å². The fourth-order valence-corrected chi connectivity index (χ4v) is 3.05. The molecule has 0 aliphatic carbocycles. The summed E-state index contributed by atoms with van der Waals surface area (Å²) in [5.41, 5.74) is 0. The van der Waals surface area contributed by atoms with Crippen molar-refractivity contribution < 1.29 is 22.4 Å². The Morgan fingerprint density at radius 1 is 1.33 bits per heavy atom. The number of nitrogens with one attached hydrogen (secondary N) is 2. The third-order valence-corrected chi connectivity index (χ3v) is 4.51. The molecule has 2 heterocycles. The molecule has 1 aliphatic rings. The average molecular weight is 359 g/mol. The van der Waals surface area contributed by atoms with Gasteiger partial charge in [0.25, 0.3) is 0 Å². The molecule has 1 atom stereocenters. The normalized spacial score (nSPS) is 17.6. The van der Waals surface area contributed by atoms with Gasteiger partial charge in [-0.3, -0.25) is 9.69 Å². The summed E-state index contributed by atoms with van der Waals surface area (Å²) in [5.74, 6) is 1.43. The van der Waals surface area contributed by atoms with Crippen LogP contribution in [-0.4, -0.2) is 64.9 Å². The summed E-state index contributed by atoms with van der Waals surface area (Å²) in [6, 6.07) is 3.77. The van der Waals surface area contributed by atoms with Gasteiger partial charge in [-0.05, 0) is 19.1 Å². The molecule has 0 aromatic carbocycles. The standard InChI is InChI=1S/C15H25N3O5S/c1-12-3-4-14(23-12)13(18-7-9-22-10-8-18)11-16-15(19)5-6-17-24(2,20)21/h3-4,13,17H,5-11H2,1-2H3,(H,16,19)/t13-/m1/s1.